The van der Waals surface area contributed by atoms with Crippen LogP contribution in [-0.2, 0) is 9.53 Å². The third-order valence-electron chi connectivity index (χ3n) is 4.62. The molecule has 0 radical (unpaired) electrons. The van der Waals surface area contributed by atoms with Crippen LogP contribution in [0.25, 0.3) is 0 Å². The van der Waals surface area contributed by atoms with Gasteiger partial charge >= 0.3 is 5.97 Å². The second kappa shape index (κ2) is 9.01. The van der Waals surface area contributed by atoms with Crippen LogP contribution in [0.4, 0.5) is 5.00 Å². The van der Waals surface area contributed by atoms with Gasteiger partial charge in [0.25, 0.3) is 0 Å². The molecule has 0 aliphatic carbocycles. The van der Waals surface area contributed by atoms with Crippen LogP contribution in [0.1, 0.15) is 41.7 Å². The quantitative estimate of drug-likeness (QED) is 0.733. The van der Waals surface area contributed by atoms with Gasteiger partial charge in [0.05, 0.1) is 25.8 Å². The van der Waals surface area contributed by atoms with Crippen molar-refractivity contribution in [1.29, 1.82) is 0 Å². The first-order valence-corrected chi connectivity index (χ1v) is 9.92. The number of methoxy groups -OCH3 is 1. The predicted molar refractivity (Wildman–Crippen MR) is 105 cm³/mol. The van der Waals surface area contributed by atoms with Crippen LogP contribution in [0.15, 0.2) is 35.7 Å². The second-order valence-electron chi connectivity index (χ2n) is 6.33. The van der Waals surface area contributed by atoms with Gasteiger partial charge in [0.1, 0.15) is 10.8 Å². The molecule has 2 aromatic rings. The van der Waals surface area contributed by atoms with Crippen molar-refractivity contribution in [2.24, 2.45) is 0 Å². The number of carbonyl (C=O) groups is 2. The number of nitrogens with zero attached hydrogens (tertiary/aromatic N) is 1. The zero-order valence-electron chi connectivity index (χ0n) is 15.6. The molecule has 144 valence electrons. The van der Waals surface area contributed by atoms with Crippen molar-refractivity contribution in [2.75, 3.05) is 32.1 Å². The number of likely N-dealkylation sites (tertiary alicyclic amines) is 1. The molecule has 1 aliphatic heterocycles. The maximum Gasteiger partial charge on any atom is 0.341 e. The Kier molecular flexibility index (Phi) is 6.47. The second-order valence-corrected chi connectivity index (χ2v) is 7.25. The van der Waals surface area contributed by atoms with E-state index in [1.807, 2.05) is 12.1 Å². The lowest BCUT2D eigenvalue weighted by atomic mass is 10.0. The SMILES string of the molecule is CCOC(=O)c1ccsc1NC(=O)CN1CCC[C@@H]1c1ccc(OC)cc1. The molecule has 1 saturated heterocycles. The molecule has 0 unspecified atom stereocenters. The molecule has 0 saturated carbocycles. The van der Waals surface area contributed by atoms with E-state index < -0.39 is 5.97 Å². The van der Waals surface area contributed by atoms with Gasteiger partial charge in [-0.05, 0) is 55.5 Å². The Bertz CT molecular complexity index is 788. The van der Waals surface area contributed by atoms with Gasteiger partial charge < -0.3 is 14.8 Å². The Hall–Kier alpha value is -2.38. The largest absolute Gasteiger partial charge is 0.497 e. The molecule has 0 spiro atoms. The molecule has 1 aromatic carbocycles. The summed E-state index contributed by atoms with van der Waals surface area (Å²) < 4.78 is 10.2. The zero-order chi connectivity index (χ0) is 19.2. The van der Waals surface area contributed by atoms with E-state index in [4.69, 9.17) is 9.47 Å². The van der Waals surface area contributed by atoms with Crippen LogP contribution < -0.4 is 10.1 Å². The average Bonchev–Trinajstić information content (AvgIpc) is 3.31. The normalized spacial score (nSPS) is 16.9. The van der Waals surface area contributed by atoms with E-state index >= 15 is 0 Å². The van der Waals surface area contributed by atoms with Crippen molar-refractivity contribution in [1.82, 2.24) is 4.90 Å². The molecule has 6 nitrogen and oxygen atoms in total. The van der Waals surface area contributed by atoms with Crippen molar-refractivity contribution in [3.8, 4) is 5.75 Å². The van der Waals surface area contributed by atoms with Gasteiger partial charge in [-0.1, -0.05) is 12.1 Å². The fraction of sp³-hybridized carbons (Fsp3) is 0.400. The lowest BCUT2D eigenvalue weighted by molar-refractivity contribution is -0.117. The van der Waals surface area contributed by atoms with E-state index in [0.717, 1.165) is 25.1 Å². The first-order chi connectivity index (χ1) is 13.1. The highest BCUT2D eigenvalue weighted by atomic mass is 32.1. The molecular formula is C20H24N2O4S. The number of ether oxygens (including phenoxy) is 2. The number of hydrogen-bond acceptors (Lipinski definition) is 6. The Labute approximate surface area is 163 Å². The fourth-order valence-electron chi connectivity index (χ4n) is 3.35. The minimum atomic E-state index is -0.411. The summed E-state index contributed by atoms with van der Waals surface area (Å²) in [5.41, 5.74) is 1.59. The molecule has 3 rings (SSSR count). The number of benzene rings is 1. The maximum atomic E-state index is 12.6. The number of hydrogen-bond donors (Lipinski definition) is 1. The standard InChI is InChI=1S/C20H24N2O4S/c1-3-26-20(24)16-10-12-27-19(16)21-18(23)13-22-11-4-5-17(22)14-6-8-15(25-2)9-7-14/h6-10,12,17H,3-5,11,13H2,1-2H3,(H,21,23)/t17-/m1/s1. The van der Waals surface area contributed by atoms with Crippen LogP contribution in [-0.4, -0.2) is 43.6 Å². The molecule has 1 N–H and O–H groups in total. The molecular weight excluding hydrogens is 364 g/mol. The molecule has 2 heterocycles. The van der Waals surface area contributed by atoms with Crippen LogP contribution in [0.5, 0.6) is 5.75 Å². The number of carbonyl (C=O) groups excluding carboxylic acids is 2. The van der Waals surface area contributed by atoms with Crippen LogP contribution >= 0.6 is 11.3 Å². The molecule has 1 amide bonds. The summed E-state index contributed by atoms with van der Waals surface area (Å²) in [5.74, 6) is 0.292. The number of thiophene rings is 1. The van der Waals surface area contributed by atoms with Crippen LogP contribution in [0.2, 0.25) is 0 Å². The summed E-state index contributed by atoms with van der Waals surface area (Å²) in [6.07, 6.45) is 2.07. The number of rotatable bonds is 7. The fourth-order valence-corrected chi connectivity index (χ4v) is 4.14. The van der Waals surface area contributed by atoms with Gasteiger partial charge in [-0.2, -0.15) is 0 Å². The van der Waals surface area contributed by atoms with E-state index in [-0.39, 0.29) is 18.5 Å². The minimum Gasteiger partial charge on any atom is -0.497 e. The lowest BCUT2D eigenvalue weighted by Gasteiger charge is -2.24. The maximum absolute atomic E-state index is 12.6. The monoisotopic (exact) mass is 388 g/mol. The Morgan fingerprint density at radius 3 is 2.74 bits per heavy atom. The molecule has 1 aromatic heterocycles. The van der Waals surface area contributed by atoms with Crippen molar-refractivity contribution in [2.45, 2.75) is 25.8 Å². The van der Waals surface area contributed by atoms with E-state index in [9.17, 15) is 9.59 Å². The smallest absolute Gasteiger partial charge is 0.341 e. The van der Waals surface area contributed by atoms with Gasteiger partial charge in [-0.3, -0.25) is 9.69 Å². The summed E-state index contributed by atoms with van der Waals surface area (Å²) in [6, 6.07) is 9.89. The summed E-state index contributed by atoms with van der Waals surface area (Å²) in [4.78, 5) is 26.7. The molecule has 0 bridgehead atoms. The van der Waals surface area contributed by atoms with E-state index in [1.165, 1.54) is 16.9 Å². The molecule has 1 fully saturated rings. The summed E-state index contributed by atoms with van der Waals surface area (Å²) in [5, 5.41) is 5.18. The summed E-state index contributed by atoms with van der Waals surface area (Å²) in [6.45, 7) is 3.23. The summed E-state index contributed by atoms with van der Waals surface area (Å²) >= 11 is 1.33. The Balaban J connectivity index is 1.63. The Morgan fingerprint density at radius 2 is 2.04 bits per heavy atom. The molecule has 27 heavy (non-hydrogen) atoms. The van der Waals surface area contributed by atoms with Crippen molar-refractivity contribution < 1.29 is 19.1 Å². The minimum absolute atomic E-state index is 0.122. The zero-order valence-corrected chi connectivity index (χ0v) is 16.4. The highest BCUT2D eigenvalue weighted by Gasteiger charge is 2.28. The summed E-state index contributed by atoms with van der Waals surface area (Å²) in [7, 11) is 1.65. The predicted octanol–water partition coefficient (Wildman–Crippen LogP) is 3.71. The topological polar surface area (TPSA) is 67.9 Å². The highest BCUT2D eigenvalue weighted by Crippen LogP contribution is 2.32. The first kappa shape index (κ1) is 19.4. The van der Waals surface area contributed by atoms with Crippen LogP contribution in [0.3, 0.4) is 0 Å². The number of nitrogens with one attached hydrogen (secondary N) is 1. The van der Waals surface area contributed by atoms with Gasteiger partial charge in [0.15, 0.2) is 0 Å². The lowest BCUT2D eigenvalue weighted by Crippen LogP contribution is -2.33. The molecule has 1 aliphatic rings. The average molecular weight is 388 g/mol. The van der Waals surface area contributed by atoms with Gasteiger partial charge in [0.2, 0.25) is 5.91 Å². The third kappa shape index (κ3) is 4.67. The number of anilines is 1. The first-order valence-electron chi connectivity index (χ1n) is 9.04. The third-order valence-corrected chi connectivity index (χ3v) is 5.45. The van der Waals surface area contributed by atoms with E-state index in [0.29, 0.717) is 17.2 Å². The number of amides is 1. The van der Waals surface area contributed by atoms with Gasteiger partial charge in [-0.25, -0.2) is 4.79 Å². The Morgan fingerprint density at radius 1 is 1.26 bits per heavy atom. The highest BCUT2D eigenvalue weighted by molar-refractivity contribution is 7.14. The molecule has 1 atom stereocenters. The van der Waals surface area contributed by atoms with E-state index in [2.05, 4.69) is 22.3 Å². The van der Waals surface area contributed by atoms with Gasteiger partial charge in [0, 0.05) is 6.04 Å². The van der Waals surface area contributed by atoms with E-state index in [1.54, 1.807) is 25.5 Å². The number of esters is 1. The molecule has 7 heteroatoms. The van der Waals surface area contributed by atoms with Crippen molar-refractivity contribution in [3.63, 3.8) is 0 Å². The van der Waals surface area contributed by atoms with Gasteiger partial charge in [-0.15, -0.1) is 11.3 Å². The van der Waals surface area contributed by atoms with Crippen molar-refractivity contribution >= 4 is 28.2 Å². The van der Waals surface area contributed by atoms with Crippen LogP contribution in [0, 0.1) is 0 Å². The van der Waals surface area contributed by atoms with Crippen molar-refractivity contribution in [3.05, 3.63) is 46.8 Å².